The van der Waals surface area contributed by atoms with Gasteiger partial charge in [-0.15, -0.1) is 11.3 Å². The number of hydrogen-bond acceptors (Lipinski definition) is 8. The van der Waals surface area contributed by atoms with Crippen LogP contribution in [0, 0.1) is 10.1 Å². The highest BCUT2D eigenvalue weighted by atomic mass is 32.1. The van der Waals surface area contributed by atoms with E-state index in [9.17, 15) is 19.7 Å². The molecule has 0 atom stereocenters. The number of rotatable bonds is 3. The maximum Gasteiger partial charge on any atom is 0.346 e. The van der Waals surface area contributed by atoms with Crippen molar-refractivity contribution in [2.24, 2.45) is 0 Å². The number of aromatic nitrogens is 1. The van der Waals surface area contributed by atoms with E-state index >= 15 is 0 Å². The lowest BCUT2D eigenvalue weighted by Crippen LogP contribution is -2.03. The minimum Gasteiger partial charge on any atom is -0.422 e. The molecular weight excluding hydrogens is 408 g/mol. The van der Waals surface area contributed by atoms with Crippen molar-refractivity contribution in [1.29, 1.82) is 0 Å². The van der Waals surface area contributed by atoms with Crippen LogP contribution in [0.25, 0.3) is 43.8 Å². The predicted octanol–water partition coefficient (Wildman–Crippen LogP) is 4.60. The Hall–Kier alpha value is -4.11. The Morgan fingerprint density at radius 3 is 2.60 bits per heavy atom. The quantitative estimate of drug-likeness (QED) is 0.239. The zero-order chi connectivity index (χ0) is 20.8. The molecule has 2 aromatic carbocycles. The van der Waals surface area contributed by atoms with Crippen molar-refractivity contribution in [3.05, 3.63) is 90.9 Å². The molecule has 0 aliphatic rings. The molecule has 0 fully saturated rings. The first-order chi connectivity index (χ1) is 14.5. The fourth-order valence-corrected chi connectivity index (χ4v) is 3.96. The number of nitro benzene ring substituents is 1. The van der Waals surface area contributed by atoms with E-state index in [0.29, 0.717) is 21.5 Å². The number of thiazole rings is 1. The fourth-order valence-electron chi connectivity index (χ4n) is 3.14. The molecule has 5 aromatic rings. The van der Waals surface area contributed by atoms with Gasteiger partial charge in [-0.1, -0.05) is 18.2 Å². The summed E-state index contributed by atoms with van der Waals surface area (Å²) >= 11 is 1.17. The Balaban J connectivity index is 1.62. The Kier molecular flexibility index (Phi) is 4.04. The van der Waals surface area contributed by atoms with Crippen molar-refractivity contribution in [3.8, 4) is 22.0 Å². The average Bonchev–Trinajstić information content (AvgIpc) is 3.23. The first-order valence-corrected chi connectivity index (χ1v) is 9.59. The van der Waals surface area contributed by atoms with E-state index in [1.54, 1.807) is 29.6 Å². The fraction of sp³-hybridized carbons (Fsp3) is 0. The van der Waals surface area contributed by atoms with Crippen LogP contribution >= 0.6 is 11.3 Å². The van der Waals surface area contributed by atoms with Crippen molar-refractivity contribution in [3.63, 3.8) is 0 Å². The largest absolute Gasteiger partial charge is 0.422 e. The zero-order valence-electron chi connectivity index (χ0n) is 15.0. The Morgan fingerprint density at radius 2 is 1.77 bits per heavy atom. The van der Waals surface area contributed by atoms with Crippen molar-refractivity contribution in [1.82, 2.24) is 4.98 Å². The van der Waals surface area contributed by atoms with Crippen molar-refractivity contribution in [2.45, 2.75) is 0 Å². The van der Waals surface area contributed by atoms with Gasteiger partial charge in [-0.3, -0.25) is 10.1 Å². The van der Waals surface area contributed by atoms with Crippen LogP contribution in [0.3, 0.4) is 0 Å². The number of hydrogen-bond donors (Lipinski definition) is 0. The van der Waals surface area contributed by atoms with Gasteiger partial charge in [-0.05, 0) is 29.7 Å². The van der Waals surface area contributed by atoms with Gasteiger partial charge in [0.2, 0.25) is 0 Å². The van der Waals surface area contributed by atoms with E-state index in [-0.39, 0.29) is 22.6 Å². The van der Waals surface area contributed by atoms with Gasteiger partial charge in [0.25, 0.3) is 5.69 Å². The molecule has 146 valence electrons. The summed E-state index contributed by atoms with van der Waals surface area (Å²) in [6, 6.07) is 14.3. The summed E-state index contributed by atoms with van der Waals surface area (Å²) in [5.74, 6) is 0.280. The van der Waals surface area contributed by atoms with Gasteiger partial charge in [0.05, 0.1) is 15.9 Å². The molecule has 3 aromatic heterocycles. The summed E-state index contributed by atoms with van der Waals surface area (Å²) in [5.41, 5.74) is -0.391. The van der Waals surface area contributed by atoms with Gasteiger partial charge < -0.3 is 8.83 Å². The summed E-state index contributed by atoms with van der Waals surface area (Å²) in [5, 5.41) is 14.6. The van der Waals surface area contributed by atoms with Crippen LogP contribution in [0.1, 0.15) is 0 Å². The maximum atomic E-state index is 12.4. The summed E-state index contributed by atoms with van der Waals surface area (Å²) < 4.78 is 10.7. The van der Waals surface area contributed by atoms with E-state index in [2.05, 4.69) is 4.98 Å². The molecule has 0 saturated carbocycles. The third-order valence-corrected chi connectivity index (χ3v) is 5.46. The van der Waals surface area contributed by atoms with Crippen molar-refractivity contribution in [2.75, 3.05) is 0 Å². The molecule has 0 unspecified atom stereocenters. The van der Waals surface area contributed by atoms with Gasteiger partial charge >= 0.3 is 11.3 Å². The molecule has 5 rings (SSSR count). The van der Waals surface area contributed by atoms with Crippen LogP contribution in [-0.4, -0.2) is 9.91 Å². The van der Waals surface area contributed by atoms with Crippen LogP contribution in [0.5, 0.6) is 0 Å². The zero-order valence-corrected chi connectivity index (χ0v) is 15.8. The summed E-state index contributed by atoms with van der Waals surface area (Å²) in [4.78, 5) is 39.6. The highest BCUT2D eigenvalue weighted by Gasteiger charge is 2.16. The monoisotopic (exact) mass is 418 g/mol. The third-order valence-electron chi connectivity index (χ3n) is 4.58. The number of fused-ring (bicyclic) bond motifs is 2. The van der Waals surface area contributed by atoms with Gasteiger partial charge in [0.15, 0.2) is 5.76 Å². The van der Waals surface area contributed by atoms with E-state index in [1.165, 1.54) is 35.6 Å². The second-order valence-corrected chi connectivity index (χ2v) is 7.31. The molecule has 0 aliphatic heterocycles. The van der Waals surface area contributed by atoms with Gasteiger partial charge in [-0.25, -0.2) is 14.6 Å². The van der Waals surface area contributed by atoms with Crippen LogP contribution in [0.4, 0.5) is 5.69 Å². The van der Waals surface area contributed by atoms with Crippen molar-refractivity contribution < 1.29 is 13.8 Å². The molecule has 0 aliphatic carbocycles. The summed E-state index contributed by atoms with van der Waals surface area (Å²) in [6.07, 6.45) is 0. The second-order valence-electron chi connectivity index (χ2n) is 6.45. The van der Waals surface area contributed by atoms with Crippen LogP contribution in [0.2, 0.25) is 0 Å². The molecule has 3 heterocycles. The first-order valence-electron chi connectivity index (χ1n) is 8.71. The Bertz CT molecular complexity index is 1580. The Morgan fingerprint density at radius 1 is 0.933 bits per heavy atom. The lowest BCUT2D eigenvalue weighted by molar-refractivity contribution is -0.384. The van der Waals surface area contributed by atoms with Gasteiger partial charge in [0, 0.05) is 22.9 Å². The van der Waals surface area contributed by atoms with Crippen molar-refractivity contribution >= 4 is 38.8 Å². The molecule has 0 bridgehead atoms. The summed E-state index contributed by atoms with van der Waals surface area (Å²) in [7, 11) is 0. The second kappa shape index (κ2) is 6.75. The molecule has 30 heavy (non-hydrogen) atoms. The minimum atomic E-state index is -0.614. The SMILES string of the molecule is O=c1oc2ccc([N+](=O)[O-])cc2cc1-c1nc(-c2cc3ccccc3c(=O)o2)cs1. The third kappa shape index (κ3) is 2.97. The molecule has 0 radical (unpaired) electrons. The standard InChI is InChI=1S/C21H10N2O6S/c24-20-14-4-2-1-3-11(14)9-18(29-20)16-10-30-19(22-16)15-8-12-7-13(23(26)27)5-6-17(12)28-21(15)25/h1-10H. The van der Waals surface area contributed by atoms with E-state index in [0.717, 1.165) is 5.39 Å². The van der Waals surface area contributed by atoms with Crippen LogP contribution < -0.4 is 11.3 Å². The summed E-state index contributed by atoms with van der Waals surface area (Å²) in [6.45, 7) is 0. The molecular formula is C21H10N2O6S. The van der Waals surface area contributed by atoms with E-state index in [1.807, 2.05) is 6.07 Å². The normalized spacial score (nSPS) is 11.2. The number of non-ortho nitro benzene ring substituents is 1. The van der Waals surface area contributed by atoms with Gasteiger partial charge in [-0.2, -0.15) is 0 Å². The lowest BCUT2D eigenvalue weighted by Gasteiger charge is -2.00. The highest BCUT2D eigenvalue weighted by Crippen LogP contribution is 2.30. The topological polar surface area (TPSA) is 116 Å². The average molecular weight is 418 g/mol. The number of nitrogens with zero attached hydrogens (tertiary/aromatic N) is 2. The van der Waals surface area contributed by atoms with Gasteiger partial charge in [0.1, 0.15) is 16.3 Å². The predicted molar refractivity (Wildman–Crippen MR) is 112 cm³/mol. The molecule has 0 amide bonds. The highest BCUT2D eigenvalue weighted by molar-refractivity contribution is 7.13. The van der Waals surface area contributed by atoms with Crippen LogP contribution in [-0.2, 0) is 0 Å². The Labute approximate surface area is 170 Å². The molecule has 9 heteroatoms. The van der Waals surface area contributed by atoms with E-state index < -0.39 is 16.2 Å². The van der Waals surface area contributed by atoms with E-state index in [4.69, 9.17) is 8.83 Å². The molecule has 8 nitrogen and oxygen atoms in total. The molecule has 0 spiro atoms. The molecule has 0 N–H and O–H groups in total. The smallest absolute Gasteiger partial charge is 0.346 e. The molecule has 0 saturated heterocycles. The van der Waals surface area contributed by atoms with Crippen LogP contribution in [0.15, 0.2) is 78.4 Å². The first kappa shape index (κ1) is 18.0. The minimum absolute atomic E-state index is 0.111. The lowest BCUT2D eigenvalue weighted by atomic mass is 10.1. The number of nitro groups is 1. The maximum absolute atomic E-state index is 12.4. The number of benzene rings is 2.